The van der Waals surface area contributed by atoms with E-state index < -0.39 is 0 Å². The quantitative estimate of drug-likeness (QED) is 0.870. The Morgan fingerprint density at radius 2 is 2.04 bits per heavy atom. The molecule has 0 bridgehead atoms. The monoisotopic (exact) mass is 333 g/mol. The van der Waals surface area contributed by atoms with Crippen LogP contribution >= 0.6 is 11.8 Å². The van der Waals surface area contributed by atoms with Crippen molar-refractivity contribution in [1.29, 1.82) is 0 Å². The first-order valence-electron chi connectivity index (χ1n) is 8.66. The van der Waals surface area contributed by atoms with Gasteiger partial charge in [0.1, 0.15) is 0 Å². The Hall–Kier alpha value is -1.20. The summed E-state index contributed by atoms with van der Waals surface area (Å²) in [6.45, 7) is 2.75. The Balaban J connectivity index is 1.64. The van der Waals surface area contributed by atoms with E-state index in [1.165, 1.54) is 35.6 Å². The van der Waals surface area contributed by atoms with Crippen molar-refractivity contribution < 1.29 is 4.79 Å². The van der Waals surface area contributed by atoms with Crippen LogP contribution < -0.4 is 11.1 Å². The van der Waals surface area contributed by atoms with Crippen molar-refractivity contribution in [2.24, 2.45) is 11.7 Å². The molecule has 0 radical (unpaired) electrons. The molecule has 1 atom stereocenters. The molecule has 2 heterocycles. The van der Waals surface area contributed by atoms with Crippen LogP contribution in [0.1, 0.15) is 31.2 Å². The summed E-state index contributed by atoms with van der Waals surface area (Å²) in [6.07, 6.45) is 4.48. The number of likely N-dealkylation sites (tertiary alicyclic amines) is 1. The van der Waals surface area contributed by atoms with Gasteiger partial charge in [0.25, 0.3) is 0 Å². The van der Waals surface area contributed by atoms with Gasteiger partial charge in [-0.05, 0) is 55.4 Å². The van der Waals surface area contributed by atoms with Crippen molar-refractivity contribution in [3.05, 3.63) is 29.8 Å². The molecule has 0 aliphatic carbocycles. The smallest absolute Gasteiger partial charge is 0.221 e. The Labute approximate surface area is 143 Å². The number of benzene rings is 1. The molecule has 1 aromatic rings. The average Bonchev–Trinajstić information content (AvgIpc) is 2.58. The van der Waals surface area contributed by atoms with Crippen LogP contribution in [0.25, 0.3) is 0 Å². The van der Waals surface area contributed by atoms with Crippen molar-refractivity contribution in [3.8, 4) is 0 Å². The van der Waals surface area contributed by atoms with Crippen LogP contribution in [-0.4, -0.2) is 41.4 Å². The summed E-state index contributed by atoms with van der Waals surface area (Å²) in [4.78, 5) is 13.8. The lowest BCUT2D eigenvalue weighted by molar-refractivity contribution is -0.123. The standard InChI is InChI=1S/C18H27N3OS/c19-18(22)15-5-3-9-21(13-15)12-14-4-1-2-6-17(14)20-16-7-10-23-11-8-16/h1-2,4,6,15-16,20H,3,5,7-13H2,(H2,19,22). The van der Waals surface area contributed by atoms with E-state index >= 15 is 0 Å². The number of para-hydroxylation sites is 1. The summed E-state index contributed by atoms with van der Waals surface area (Å²) < 4.78 is 0. The lowest BCUT2D eigenvalue weighted by Gasteiger charge is -2.32. The molecular weight excluding hydrogens is 306 g/mol. The maximum atomic E-state index is 11.5. The van der Waals surface area contributed by atoms with Crippen LogP contribution in [0.3, 0.4) is 0 Å². The zero-order valence-electron chi connectivity index (χ0n) is 13.7. The fourth-order valence-electron chi connectivity index (χ4n) is 3.53. The maximum Gasteiger partial charge on any atom is 0.221 e. The molecule has 2 aliphatic heterocycles. The van der Waals surface area contributed by atoms with Crippen LogP contribution in [0.2, 0.25) is 0 Å². The Morgan fingerprint density at radius 3 is 2.83 bits per heavy atom. The van der Waals surface area contributed by atoms with E-state index in [0.29, 0.717) is 6.04 Å². The molecule has 5 heteroatoms. The van der Waals surface area contributed by atoms with Gasteiger partial charge < -0.3 is 11.1 Å². The van der Waals surface area contributed by atoms with E-state index in [4.69, 9.17) is 5.73 Å². The number of hydrogen-bond donors (Lipinski definition) is 2. The van der Waals surface area contributed by atoms with Gasteiger partial charge in [-0.15, -0.1) is 0 Å². The van der Waals surface area contributed by atoms with Gasteiger partial charge in [0.05, 0.1) is 5.92 Å². The van der Waals surface area contributed by atoms with Gasteiger partial charge in [0, 0.05) is 24.8 Å². The molecule has 4 nitrogen and oxygen atoms in total. The minimum atomic E-state index is -0.152. The summed E-state index contributed by atoms with van der Waals surface area (Å²) in [5, 5.41) is 3.74. The van der Waals surface area contributed by atoms with Gasteiger partial charge >= 0.3 is 0 Å². The SMILES string of the molecule is NC(=O)C1CCCN(Cc2ccccc2NC2CCSCC2)C1. The molecule has 0 spiro atoms. The highest BCUT2D eigenvalue weighted by atomic mass is 32.2. The summed E-state index contributed by atoms with van der Waals surface area (Å²) in [7, 11) is 0. The molecule has 1 unspecified atom stereocenters. The fourth-order valence-corrected chi connectivity index (χ4v) is 4.64. The topological polar surface area (TPSA) is 58.4 Å². The molecule has 126 valence electrons. The molecular formula is C18H27N3OS. The number of piperidine rings is 1. The Kier molecular flexibility index (Phi) is 5.84. The summed E-state index contributed by atoms with van der Waals surface area (Å²) in [6, 6.07) is 9.19. The van der Waals surface area contributed by atoms with Crippen LogP contribution in [0.4, 0.5) is 5.69 Å². The molecule has 2 fully saturated rings. The van der Waals surface area contributed by atoms with E-state index in [2.05, 4.69) is 46.2 Å². The van der Waals surface area contributed by atoms with Gasteiger partial charge in [-0.2, -0.15) is 11.8 Å². The van der Waals surface area contributed by atoms with E-state index in [1.54, 1.807) is 0 Å². The molecule has 2 aliphatic rings. The lowest BCUT2D eigenvalue weighted by Crippen LogP contribution is -2.40. The number of anilines is 1. The molecule has 3 rings (SSSR count). The number of nitrogens with zero attached hydrogens (tertiary/aromatic N) is 1. The highest BCUT2D eigenvalue weighted by Crippen LogP contribution is 2.25. The molecule has 23 heavy (non-hydrogen) atoms. The van der Waals surface area contributed by atoms with Gasteiger partial charge in [0.2, 0.25) is 5.91 Å². The number of amides is 1. The van der Waals surface area contributed by atoms with Crippen molar-refractivity contribution in [2.75, 3.05) is 29.9 Å². The molecule has 1 amide bonds. The minimum Gasteiger partial charge on any atom is -0.382 e. The first-order chi connectivity index (χ1) is 11.2. The predicted octanol–water partition coefficient (Wildman–Crippen LogP) is 2.69. The zero-order chi connectivity index (χ0) is 16.1. The normalized spacial score (nSPS) is 23.6. The van der Waals surface area contributed by atoms with Crippen molar-refractivity contribution in [1.82, 2.24) is 4.90 Å². The Morgan fingerprint density at radius 1 is 1.26 bits per heavy atom. The number of thioether (sulfide) groups is 1. The first kappa shape index (κ1) is 16.7. The van der Waals surface area contributed by atoms with E-state index in [9.17, 15) is 4.79 Å². The average molecular weight is 334 g/mol. The third-order valence-electron chi connectivity index (χ3n) is 4.90. The van der Waals surface area contributed by atoms with Gasteiger partial charge in [-0.3, -0.25) is 9.69 Å². The molecule has 3 N–H and O–H groups in total. The highest BCUT2D eigenvalue weighted by Gasteiger charge is 2.24. The number of carbonyl (C=O) groups excluding carboxylic acids is 1. The summed E-state index contributed by atoms with van der Waals surface area (Å²) >= 11 is 2.05. The number of nitrogens with one attached hydrogen (secondary N) is 1. The minimum absolute atomic E-state index is 0.0132. The van der Waals surface area contributed by atoms with Crippen molar-refractivity contribution in [2.45, 2.75) is 38.3 Å². The van der Waals surface area contributed by atoms with E-state index in [-0.39, 0.29) is 11.8 Å². The molecule has 2 saturated heterocycles. The second kappa shape index (κ2) is 8.06. The number of rotatable bonds is 5. The van der Waals surface area contributed by atoms with Crippen LogP contribution in [0, 0.1) is 5.92 Å². The van der Waals surface area contributed by atoms with Gasteiger partial charge in [-0.25, -0.2) is 0 Å². The van der Waals surface area contributed by atoms with E-state index in [0.717, 1.165) is 32.5 Å². The number of carbonyl (C=O) groups is 1. The zero-order valence-corrected chi connectivity index (χ0v) is 14.5. The fraction of sp³-hybridized carbons (Fsp3) is 0.611. The lowest BCUT2D eigenvalue weighted by atomic mass is 9.97. The van der Waals surface area contributed by atoms with Gasteiger partial charge in [-0.1, -0.05) is 18.2 Å². The van der Waals surface area contributed by atoms with Crippen molar-refractivity contribution in [3.63, 3.8) is 0 Å². The van der Waals surface area contributed by atoms with Crippen LogP contribution in [0.5, 0.6) is 0 Å². The highest BCUT2D eigenvalue weighted by molar-refractivity contribution is 7.99. The summed E-state index contributed by atoms with van der Waals surface area (Å²) in [5.41, 5.74) is 8.08. The largest absolute Gasteiger partial charge is 0.382 e. The van der Waals surface area contributed by atoms with E-state index in [1.807, 2.05) is 0 Å². The second-order valence-electron chi connectivity index (χ2n) is 6.66. The molecule has 0 saturated carbocycles. The number of hydrogen-bond acceptors (Lipinski definition) is 4. The van der Waals surface area contributed by atoms with Crippen LogP contribution in [-0.2, 0) is 11.3 Å². The van der Waals surface area contributed by atoms with Gasteiger partial charge in [0.15, 0.2) is 0 Å². The third-order valence-corrected chi connectivity index (χ3v) is 5.95. The Bertz CT molecular complexity index is 531. The third kappa shape index (κ3) is 4.64. The second-order valence-corrected chi connectivity index (χ2v) is 7.89. The summed E-state index contributed by atoms with van der Waals surface area (Å²) in [5.74, 6) is 2.37. The predicted molar refractivity (Wildman–Crippen MR) is 97.6 cm³/mol. The van der Waals surface area contributed by atoms with Crippen LogP contribution in [0.15, 0.2) is 24.3 Å². The number of nitrogens with two attached hydrogens (primary N) is 1. The first-order valence-corrected chi connectivity index (χ1v) is 9.81. The maximum absolute atomic E-state index is 11.5. The molecule has 1 aromatic carbocycles. The molecule has 0 aromatic heterocycles. The van der Waals surface area contributed by atoms with Crippen molar-refractivity contribution >= 4 is 23.4 Å². The number of primary amides is 1.